The number of nitriles is 2. The predicted molar refractivity (Wildman–Crippen MR) is 72.5 cm³/mol. The molecule has 0 saturated carbocycles. The topological polar surface area (TPSA) is 73.9 Å². The Morgan fingerprint density at radius 1 is 1.00 bits per heavy atom. The summed E-state index contributed by atoms with van der Waals surface area (Å²) in [6.45, 7) is -0.299. The van der Waals surface area contributed by atoms with Crippen molar-refractivity contribution in [3.05, 3.63) is 59.7 Å². The van der Waals surface area contributed by atoms with Crippen LogP contribution in [0.3, 0.4) is 0 Å². The molecule has 0 aliphatic carbocycles. The maximum Gasteiger partial charge on any atom is 0.339 e. The van der Waals surface area contributed by atoms with Gasteiger partial charge in [0.25, 0.3) is 0 Å². The molecule has 0 N–H and O–H groups in total. The number of carbonyl (C=O) groups excluding carboxylic acids is 1. The largest absolute Gasteiger partial charge is 0.447 e. The van der Waals surface area contributed by atoms with E-state index in [1.54, 1.807) is 54.6 Å². The third kappa shape index (κ3) is 2.66. The number of hydrogen-bond donors (Lipinski definition) is 0. The molecule has 0 aliphatic heterocycles. The molecule has 0 aliphatic rings. The Kier molecular flexibility index (Phi) is 4.11. The van der Waals surface area contributed by atoms with Crippen LogP contribution in [0.25, 0.3) is 11.1 Å². The Balaban J connectivity index is 2.51. The number of ether oxygens (including phenoxy) is 1. The van der Waals surface area contributed by atoms with Gasteiger partial charge >= 0.3 is 5.97 Å². The minimum atomic E-state index is -0.574. The van der Waals surface area contributed by atoms with Gasteiger partial charge in [0, 0.05) is 5.56 Å². The summed E-state index contributed by atoms with van der Waals surface area (Å²) >= 11 is 0. The molecule has 0 amide bonds. The van der Waals surface area contributed by atoms with E-state index in [9.17, 15) is 4.79 Å². The molecular formula is C16H10N2O2. The summed E-state index contributed by atoms with van der Waals surface area (Å²) < 4.78 is 4.83. The van der Waals surface area contributed by atoms with E-state index in [0.29, 0.717) is 22.3 Å². The number of rotatable bonds is 3. The highest BCUT2D eigenvalue weighted by Crippen LogP contribution is 2.27. The molecule has 2 rings (SSSR count). The highest BCUT2D eigenvalue weighted by atomic mass is 16.5. The van der Waals surface area contributed by atoms with Crippen molar-refractivity contribution >= 4 is 5.97 Å². The molecule has 0 aromatic heterocycles. The average molecular weight is 262 g/mol. The maximum atomic E-state index is 11.9. The first-order chi connectivity index (χ1) is 9.77. The Morgan fingerprint density at radius 3 is 2.35 bits per heavy atom. The van der Waals surface area contributed by atoms with Crippen LogP contribution in [0, 0.1) is 22.7 Å². The Hall–Kier alpha value is -3.11. The highest BCUT2D eigenvalue weighted by Gasteiger charge is 2.15. The number of hydrogen-bond acceptors (Lipinski definition) is 4. The van der Waals surface area contributed by atoms with Gasteiger partial charge in [-0.1, -0.05) is 36.4 Å². The molecule has 96 valence electrons. The van der Waals surface area contributed by atoms with E-state index in [1.807, 2.05) is 0 Å². The summed E-state index contributed by atoms with van der Waals surface area (Å²) in [4.78, 5) is 11.9. The molecule has 20 heavy (non-hydrogen) atoms. The standard InChI is InChI=1S/C16H10N2O2/c17-9-10-20-16(19)15-8-4-3-7-14(15)13-6-2-1-5-12(13)11-18/h1-8H,10H2. The van der Waals surface area contributed by atoms with Crippen molar-refractivity contribution in [2.24, 2.45) is 0 Å². The van der Waals surface area contributed by atoms with Crippen LogP contribution in [0.2, 0.25) is 0 Å². The lowest BCUT2D eigenvalue weighted by atomic mass is 9.96. The van der Waals surface area contributed by atoms with Gasteiger partial charge in [-0.3, -0.25) is 0 Å². The van der Waals surface area contributed by atoms with E-state index in [2.05, 4.69) is 6.07 Å². The molecule has 2 aromatic carbocycles. The van der Waals surface area contributed by atoms with Crippen molar-refractivity contribution in [1.82, 2.24) is 0 Å². The lowest BCUT2D eigenvalue weighted by molar-refractivity contribution is 0.0556. The third-order valence-electron chi connectivity index (χ3n) is 2.75. The molecule has 2 aromatic rings. The fraction of sp³-hybridized carbons (Fsp3) is 0.0625. The van der Waals surface area contributed by atoms with Gasteiger partial charge in [0.15, 0.2) is 6.61 Å². The average Bonchev–Trinajstić information content (AvgIpc) is 2.52. The molecule has 0 atom stereocenters. The fourth-order valence-electron chi connectivity index (χ4n) is 1.89. The van der Waals surface area contributed by atoms with Crippen LogP contribution in [0.4, 0.5) is 0 Å². The van der Waals surface area contributed by atoms with Gasteiger partial charge in [-0.2, -0.15) is 10.5 Å². The highest BCUT2D eigenvalue weighted by molar-refractivity contribution is 5.98. The number of nitrogens with zero attached hydrogens (tertiary/aromatic N) is 2. The van der Waals surface area contributed by atoms with Crippen molar-refractivity contribution in [2.45, 2.75) is 0 Å². The van der Waals surface area contributed by atoms with Crippen molar-refractivity contribution in [2.75, 3.05) is 6.61 Å². The van der Waals surface area contributed by atoms with Gasteiger partial charge in [-0.05, 0) is 17.7 Å². The quantitative estimate of drug-likeness (QED) is 0.797. The summed E-state index contributed by atoms with van der Waals surface area (Å²) in [5, 5.41) is 17.6. The summed E-state index contributed by atoms with van der Waals surface area (Å²) in [5.74, 6) is -0.574. The SMILES string of the molecule is N#CCOC(=O)c1ccccc1-c1ccccc1C#N. The molecule has 0 heterocycles. The summed E-state index contributed by atoms with van der Waals surface area (Å²) in [7, 11) is 0. The van der Waals surface area contributed by atoms with Crippen LogP contribution in [0.1, 0.15) is 15.9 Å². The zero-order chi connectivity index (χ0) is 14.4. The molecule has 0 radical (unpaired) electrons. The molecule has 0 bridgehead atoms. The second-order valence-electron chi connectivity index (χ2n) is 3.94. The normalized spacial score (nSPS) is 9.30. The molecule has 0 unspecified atom stereocenters. The molecule has 0 saturated heterocycles. The molecule has 0 fully saturated rings. The van der Waals surface area contributed by atoms with Crippen LogP contribution >= 0.6 is 0 Å². The van der Waals surface area contributed by atoms with Crippen LogP contribution in [-0.4, -0.2) is 12.6 Å². The molecule has 4 nitrogen and oxygen atoms in total. The number of esters is 1. The van der Waals surface area contributed by atoms with Crippen LogP contribution < -0.4 is 0 Å². The monoisotopic (exact) mass is 262 g/mol. The van der Waals surface area contributed by atoms with Gasteiger partial charge in [-0.15, -0.1) is 0 Å². The van der Waals surface area contributed by atoms with E-state index >= 15 is 0 Å². The second-order valence-corrected chi connectivity index (χ2v) is 3.94. The Bertz CT molecular complexity index is 724. The maximum absolute atomic E-state index is 11.9. The summed E-state index contributed by atoms with van der Waals surface area (Å²) in [5.41, 5.74) is 2.10. The first-order valence-corrected chi connectivity index (χ1v) is 5.90. The lowest BCUT2D eigenvalue weighted by Gasteiger charge is -2.09. The smallest absolute Gasteiger partial charge is 0.339 e. The van der Waals surface area contributed by atoms with Gasteiger partial charge in [0.2, 0.25) is 0 Å². The zero-order valence-electron chi connectivity index (χ0n) is 10.5. The van der Waals surface area contributed by atoms with Crippen molar-refractivity contribution in [1.29, 1.82) is 10.5 Å². The Morgan fingerprint density at radius 2 is 1.65 bits per heavy atom. The lowest BCUT2D eigenvalue weighted by Crippen LogP contribution is -2.07. The van der Waals surface area contributed by atoms with E-state index in [1.165, 1.54) is 0 Å². The van der Waals surface area contributed by atoms with E-state index in [-0.39, 0.29) is 6.61 Å². The van der Waals surface area contributed by atoms with Crippen LogP contribution in [0.5, 0.6) is 0 Å². The minimum Gasteiger partial charge on any atom is -0.447 e. The van der Waals surface area contributed by atoms with Gasteiger partial charge in [-0.25, -0.2) is 4.79 Å². The van der Waals surface area contributed by atoms with Gasteiger partial charge < -0.3 is 4.74 Å². The van der Waals surface area contributed by atoms with Crippen molar-refractivity contribution in [3.8, 4) is 23.3 Å². The van der Waals surface area contributed by atoms with Gasteiger partial charge in [0.05, 0.1) is 17.2 Å². The first-order valence-electron chi connectivity index (χ1n) is 5.90. The predicted octanol–water partition coefficient (Wildman–Crippen LogP) is 2.91. The van der Waals surface area contributed by atoms with Crippen molar-refractivity contribution < 1.29 is 9.53 Å². The second kappa shape index (κ2) is 6.17. The first kappa shape index (κ1) is 13.3. The molecule has 4 heteroatoms. The van der Waals surface area contributed by atoms with E-state index < -0.39 is 5.97 Å². The van der Waals surface area contributed by atoms with Crippen LogP contribution in [0.15, 0.2) is 48.5 Å². The van der Waals surface area contributed by atoms with Crippen LogP contribution in [-0.2, 0) is 4.74 Å². The number of benzene rings is 2. The Labute approximate surface area is 116 Å². The minimum absolute atomic E-state index is 0.299. The third-order valence-corrected chi connectivity index (χ3v) is 2.75. The molecular weight excluding hydrogens is 252 g/mol. The fourth-order valence-corrected chi connectivity index (χ4v) is 1.89. The summed E-state index contributed by atoms with van der Waals surface area (Å²) in [6.07, 6.45) is 0. The summed E-state index contributed by atoms with van der Waals surface area (Å²) in [6, 6.07) is 17.7. The number of carbonyl (C=O) groups is 1. The van der Waals surface area contributed by atoms with E-state index in [0.717, 1.165) is 0 Å². The van der Waals surface area contributed by atoms with E-state index in [4.69, 9.17) is 15.3 Å². The van der Waals surface area contributed by atoms with Gasteiger partial charge in [0.1, 0.15) is 6.07 Å². The zero-order valence-corrected chi connectivity index (χ0v) is 10.5. The van der Waals surface area contributed by atoms with Crippen molar-refractivity contribution in [3.63, 3.8) is 0 Å². The molecule has 0 spiro atoms.